The molecule has 3 fully saturated rings. The summed E-state index contributed by atoms with van der Waals surface area (Å²) in [6.45, 7) is 9.47. The summed E-state index contributed by atoms with van der Waals surface area (Å²) in [6, 6.07) is 7.10. The lowest BCUT2D eigenvalue weighted by Crippen LogP contribution is -2.62. The molecule has 150 valence electrons. The van der Waals surface area contributed by atoms with Gasteiger partial charge in [-0.05, 0) is 23.1 Å². The van der Waals surface area contributed by atoms with Gasteiger partial charge in [0.25, 0.3) is 0 Å². The predicted octanol–water partition coefficient (Wildman–Crippen LogP) is -0.103. The smallest absolute Gasteiger partial charge is 0.243 e. The number of hydrogen-bond acceptors (Lipinski definition) is 6. The Kier molecular flexibility index (Phi) is 4.92. The second-order valence-corrected chi connectivity index (χ2v) is 8.56. The van der Waals surface area contributed by atoms with E-state index in [0.29, 0.717) is 18.9 Å². The minimum absolute atomic E-state index is 0.132. The summed E-state index contributed by atoms with van der Waals surface area (Å²) < 4.78 is 0. The van der Waals surface area contributed by atoms with E-state index in [1.807, 2.05) is 0 Å². The topological polar surface area (TPSA) is 67.9 Å². The first-order valence-electron chi connectivity index (χ1n) is 10.5. The van der Waals surface area contributed by atoms with Crippen LogP contribution in [0.5, 0.6) is 0 Å². The maximum absolute atomic E-state index is 12.3. The van der Waals surface area contributed by atoms with Gasteiger partial charge in [-0.2, -0.15) is 0 Å². The second-order valence-electron chi connectivity index (χ2n) is 8.56. The van der Waals surface area contributed by atoms with Gasteiger partial charge in [0.05, 0.1) is 6.04 Å². The molecule has 1 aromatic carbocycles. The number of rotatable bonds is 4. The van der Waals surface area contributed by atoms with Crippen LogP contribution < -0.4 is 10.6 Å². The van der Waals surface area contributed by atoms with E-state index in [4.69, 9.17) is 0 Å². The molecule has 0 bridgehead atoms. The zero-order valence-corrected chi connectivity index (χ0v) is 16.3. The Morgan fingerprint density at radius 3 is 2.64 bits per heavy atom. The van der Waals surface area contributed by atoms with Crippen molar-refractivity contribution >= 4 is 11.8 Å². The fourth-order valence-electron chi connectivity index (χ4n) is 5.11. The number of piperidine rings is 1. The zero-order valence-electron chi connectivity index (χ0n) is 16.3. The summed E-state index contributed by atoms with van der Waals surface area (Å²) in [5.41, 5.74) is 4.12. The van der Waals surface area contributed by atoms with Crippen molar-refractivity contribution in [3.63, 3.8) is 0 Å². The maximum Gasteiger partial charge on any atom is 0.243 e. The normalized spacial score (nSPS) is 27.5. The lowest BCUT2D eigenvalue weighted by atomic mass is 10.00. The van der Waals surface area contributed by atoms with Crippen molar-refractivity contribution in [1.29, 1.82) is 0 Å². The first-order valence-corrected chi connectivity index (χ1v) is 10.5. The molecule has 7 heteroatoms. The van der Waals surface area contributed by atoms with E-state index < -0.39 is 0 Å². The molecule has 5 rings (SSSR count). The van der Waals surface area contributed by atoms with Crippen molar-refractivity contribution in [3.05, 3.63) is 34.9 Å². The number of imide groups is 1. The Balaban J connectivity index is 1.21. The Morgan fingerprint density at radius 2 is 1.86 bits per heavy atom. The number of piperazine rings is 1. The molecule has 0 aliphatic carbocycles. The van der Waals surface area contributed by atoms with Crippen molar-refractivity contribution in [2.24, 2.45) is 0 Å². The van der Waals surface area contributed by atoms with Crippen LogP contribution in [0.4, 0.5) is 0 Å². The van der Waals surface area contributed by atoms with Gasteiger partial charge in [0.1, 0.15) is 0 Å². The Morgan fingerprint density at radius 1 is 1.04 bits per heavy atom. The lowest BCUT2D eigenvalue weighted by Gasteiger charge is -2.47. The molecule has 1 aromatic rings. The highest BCUT2D eigenvalue weighted by atomic mass is 16.2. The van der Waals surface area contributed by atoms with Crippen LogP contribution in [-0.2, 0) is 29.2 Å². The van der Waals surface area contributed by atoms with Crippen LogP contribution in [0.2, 0.25) is 0 Å². The summed E-state index contributed by atoms with van der Waals surface area (Å²) >= 11 is 0. The third kappa shape index (κ3) is 3.48. The van der Waals surface area contributed by atoms with Gasteiger partial charge < -0.3 is 5.32 Å². The molecule has 28 heavy (non-hydrogen) atoms. The lowest BCUT2D eigenvalue weighted by molar-refractivity contribution is -0.137. The van der Waals surface area contributed by atoms with E-state index in [1.165, 1.54) is 29.8 Å². The van der Waals surface area contributed by atoms with Gasteiger partial charge >= 0.3 is 0 Å². The van der Waals surface area contributed by atoms with Gasteiger partial charge in [0.15, 0.2) is 0 Å². The van der Waals surface area contributed by atoms with Crippen LogP contribution in [0.1, 0.15) is 29.5 Å². The minimum Gasteiger partial charge on any atom is -0.314 e. The summed E-state index contributed by atoms with van der Waals surface area (Å²) in [4.78, 5) is 31.1. The van der Waals surface area contributed by atoms with E-state index in [0.717, 1.165) is 45.8 Å². The number of nitrogens with one attached hydrogen (secondary N) is 2. The van der Waals surface area contributed by atoms with Gasteiger partial charge in [-0.1, -0.05) is 18.2 Å². The molecular weight excluding hydrogens is 354 g/mol. The predicted molar refractivity (Wildman–Crippen MR) is 105 cm³/mol. The van der Waals surface area contributed by atoms with E-state index in [9.17, 15) is 9.59 Å². The fraction of sp³-hybridized carbons (Fsp3) is 0.619. The number of carbonyl (C=O) groups excluding carboxylic acids is 2. The molecular formula is C21H29N5O2. The van der Waals surface area contributed by atoms with Crippen molar-refractivity contribution in [3.8, 4) is 0 Å². The highest BCUT2D eigenvalue weighted by Crippen LogP contribution is 2.31. The van der Waals surface area contributed by atoms with Crippen molar-refractivity contribution in [1.82, 2.24) is 25.3 Å². The average molecular weight is 383 g/mol. The van der Waals surface area contributed by atoms with Gasteiger partial charge in [0.2, 0.25) is 11.8 Å². The van der Waals surface area contributed by atoms with Gasteiger partial charge in [-0.15, -0.1) is 0 Å². The van der Waals surface area contributed by atoms with Gasteiger partial charge in [-0.25, -0.2) is 0 Å². The SMILES string of the molecule is O=C1CCC(N2Cc3cccc(CN4CC(N5CCNCC5)C4)c3C2)C(=O)N1. The highest BCUT2D eigenvalue weighted by Gasteiger charge is 2.36. The van der Waals surface area contributed by atoms with Crippen molar-refractivity contribution < 1.29 is 9.59 Å². The Labute approximate surface area is 166 Å². The number of benzene rings is 1. The summed E-state index contributed by atoms with van der Waals surface area (Å²) in [5, 5.41) is 5.92. The number of nitrogens with zero attached hydrogens (tertiary/aromatic N) is 3. The van der Waals surface area contributed by atoms with Crippen LogP contribution in [0.25, 0.3) is 0 Å². The van der Waals surface area contributed by atoms with Crippen LogP contribution in [0, 0.1) is 0 Å². The van der Waals surface area contributed by atoms with Crippen molar-refractivity contribution in [2.45, 2.75) is 44.6 Å². The first-order chi connectivity index (χ1) is 13.7. The molecule has 0 radical (unpaired) electrons. The average Bonchev–Trinajstić information content (AvgIpc) is 3.09. The van der Waals surface area contributed by atoms with Gasteiger partial charge in [0, 0.05) is 71.4 Å². The molecule has 1 unspecified atom stereocenters. The maximum atomic E-state index is 12.3. The van der Waals surface area contributed by atoms with E-state index >= 15 is 0 Å². The number of amides is 2. The number of carbonyl (C=O) groups is 2. The third-order valence-corrected chi connectivity index (χ3v) is 6.76. The molecule has 0 aromatic heterocycles. The van der Waals surface area contributed by atoms with E-state index in [2.05, 4.69) is 43.5 Å². The Hall–Kier alpha value is -1.80. The standard InChI is InChI=1S/C21H29N5O2/c27-20-5-4-19(21(28)23-20)26-11-16-3-1-2-15(18(16)14-26)10-24-12-17(13-24)25-8-6-22-7-9-25/h1-3,17,19,22H,4-14H2,(H,23,27,28). The fourth-order valence-corrected chi connectivity index (χ4v) is 5.11. The number of hydrogen-bond donors (Lipinski definition) is 2. The van der Waals surface area contributed by atoms with Crippen LogP contribution in [0.3, 0.4) is 0 Å². The molecule has 2 amide bonds. The highest BCUT2D eigenvalue weighted by molar-refractivity contribution is 6.00. The number of fused-ring (bicyclic) bond motifs is 1. The second kappa shape index (κ2) is 7.55. The first kappa shape index (κ1) is 18.2. The molecule has 7 nitrogen and oxygen atoms in total. The van der Waals surface area contributed by atoms with E-state index in [1.54, 1.807) is 0 Å². The van der Waals surface area contributed by atoms with Gasteiger partial charge in [-0.3, -0.25) is 29.6 Å². The largest absolute Gasteiger partial charge is 0.314 e. The zero-order chi connectivity index (χ0) is 19.1. The van der Waals surface area contributed by atoms with Crippen LogP contribution >= 0.6 is 0 Å². The molecule has 3 saturated heterocycles. The molecule has 0 spiro atoms. The molecule has 4 aliphatic rings. The Bertz CT molecular complexity index is 770. The molecule has 4 aliphatic heterocycles. The number of likely N-dealkylation sites (tertiary alicyclic amines) is 1. The molecule has 2 N–H and O–H groups in total. The van der Waals surface area contributed by atoms with E-state index in [-0.39, 0.29) is 17.9 Å². The summed E-state index contributed by atoms with van der Waals surface area (Å²) in [7, 11) is 0. The molecule has 4 heterocycles. The quantitative estimate of drug-likeness (QED) is 0.708. The summed E-state index contributed by atoms with van der Waals surface area (Å²) in [5.74, 6) is -0.275. The van der Waals surface area contributed by atoms with Crippen molar-refractivity contribution in [2.75, 3.05) is 39.3 Å². The third-order valence-electron chi connectivity index (χ3n) is 6.76. The monoisotopic (exact) mass is 383 g/mol. The van der Waals surface area contributed by atoms with Crippen LogP contribution in [-0.4, -0.2) is 77.9 Å². The minimum atomic E-state index is -0.181. The van der Waals surface area contributed by atoms with Crippen LogP contribution in [0.15, 0.2) is 18.2 Å². The molecule has 1 atom stereocenters. The molecule has 0 saturated carbocycles. The summed E-state index contributed by atoms with van der Waals surface area (Å²) in [6.07, 6.45) is 1.07.